The molecular formula is C16H15ClO4. The Hall–Kier alpha value is -1.81. The molecule has 21 heavy (non-hydrogen) atoms. The molecule has 0 atom stereocenters. The van der Waals surface area contributed by atoms with Crippen LogP contribution >= 0.6 is 11.6 Å². The summed E-state index contributed by atoms with van der Waals surface area (Å²) in [6, 6.07) is 3.36. The number of benzene rings is 1. The third-order valence-corrected chi connectivity index (χ3v) is 4.00. The maximum Gasteiger partial charge on any atom is 0.339 e. The Labute approximate surface area is 126 Å². The summed E-state index contributed by atoms with van der Waals surface area (Å²) in [4.78, 5) is 23.0. The Morgan fingerprint density at radius 2 is 2.00 bits per heavy atom. The monoisotopic (exact) mass is 306 g/mol. The van der Waals surface area contributed by atoms with Crippen LogP contribution in [0.4, 0.5) is 0 Å². The van der Waals surface area contributed by atoms with E-state index in [1.54, 1.807) is 12.1 Å². The molecule has 0 unspecified atom stereocenters. The van der Waals surface area contributed by atoms with E-state index in [1.165, 1.54) is 6.92 Å². The Bertz CT molecular complexity index is 776. The van der Waals surface area contributed by atoms with Crippen molar-refractivity contribution in [2.24, 2.45) is 0 Å². The van der Waals surface area contributed by atoms with Gasteiger partial charge in [-0.1, -0.05) is 11.6 Å². The quantitative estimate of drug-likeness (QED) is 0.817. The van der Waals surface area contributed by atoms with Crippen LogP contribution in [-0.4, -0.2) is 12.4 Å². The molecule has 1 aromatic heterocycles. The fourth-order valence-electron chi connectivity index (χ4n) is 2.73. The van der Waals surface area contributed by atoms with Gasteiger partial charge in [0.1, 0.15) is 17.9 Å². The lowest BCUT2D eigenvalue weighted by atomic mass is 9.91. The van der Waals surface area contributed by atoms with Crippen molar-refractivity contribution in [3.05, 3.63) is 38.7 Å². The van der Waals surface area contributed by atoms with E-state index >= 15 is 0 Å². The van der Waals surface area contributed by atoms with Gasteiger partial charge in [-0.3, -0.25) is 4.79 Å². The molecule has 1 aliphatic rings. The minimum atomic E-state index is -0.281. The molecule has 0 spiro atoms. The van der Waals surface area contributed by atoms with Crippen LogP contribution in [0.1, 0.15) is 30.9 Å². The van der Waals surface area contributed by atoms with Crippen molar-refractivity contribution in [1.29, 1.82) is 0 Å². The second-order valence-electron chi connectivity index (χ2n) is 5.32. The predicted molar refractivity (Wildman–Crippen MR) is 80.3 cm³/mol. The fourth-order valence-corrected chi connectivity index (χ4v) is 2.95. The Balaban J connectivity index is 2.14. The zero-order valence-electron chi connectivity index (χ0n) is 11.7. The Morgan fingerprint density at radius 1 is 1.29 bits per heavy atom. The fraction of sp³-hybridized carbons (Fsp3) is 0.375. The molecule has 0 aliphatic heterocycles. The topological polar surface area (TPSA) is 56.5 Å². The van der Waals surface area contributed by atoms with E-state index in [4.69, 9.17) is 20.8 Å². The third kappa shape index (κ3) is 2.68. The summed E-state index contributed by atoms with van der Waals surface area (Å²) in [5.41, 5.74) is 1.98. The summed E-state index contributed by atoms with van der Waals surface area (Å²) in [6.07, 6.45) is 3.69. The maximum atomic E-state index is 12.0. The smallest absolute Gasteiger partial charge is 0.339 e. The lowest BCUT2D eigenvalue weighted by Gasteiger charge is -2.17. The van der Waals surface area contributed by atoms with Gasteiger partial charge in [0.25, 0.3) is 0 Å². The number of hydrogen-bond donors (Lipinski definition) is 0. The van der Waals surface area contributed by atoms with Gasteiger partial charge in [-0.05, 0) is 44.2 Å². The second kappa shape index (κ2) is 5.53. The van der Waals surface area contributed by atoms with Crippen LogP contribution in [0, 0.1) is 0 Å². The molecule has 1 aromatic carbocycles. The van der Waals surface area contributed by atoms with Crippen molar-refractivity contribution in [2.75, 3.05) is 6.61 Å². The van der Waals surface area contributed by atoms with Crippen LogP contribution in [-0.2, 0) is 17.6 Å². The van der Waals surface area contributed by atoms with Crippen LogP contribution in [0.15, 0.2) is 21.3 Å². The SMILES string of the molecule is CC(=O)COc1cc2oc(=O)c3c(c2cc1Cl)CCCC3. The maximum absolute atomic E-state index is 12.0. The standard InChI is InChI=1S/C16H15ClO4/c1-9(18)8-20-15-7-14-12(6-13(15)17)10-4-2-3-5-11(10)16(19)21-14/h6-7H,2-5,8H2,1H3. The Kier molecular flexibility index (Phi) is 3.72. The second-order valence-corrected chi connectivity index (χ2v) is 5.73. The zero-order valence-corrected chi connectivity index (χ0v) is 12.5. The molecule has 1 heterocycles. The van der Waals surface area contributed by atoms with Gasteiger partial charge >= 0.3 is 5.63 Å². The molecule has 5 heteroatoms. The minimum absolute atomic E-state index is 0.0552. The summed E-state index contributed by atoms with van der Waals surface area (Å²) in [7, 11) is 0. The van der Waals surface area contributed by atoms with Crippen molar-refractivity contribution < 1.29 is 13.9 Å². The number of carbonyl (C=O) groups excluding carboxylic acids is 1. The first-order chi connectivity index (χ1) is 10.1. The van der Waals surface area contributed by atoms with Gasteiger partial charge in [-0.15, -0.1) is 0 Å². The van der Waals surface area contributed by atoms with Crippen molar-refractivity contribution in [2.45, 2.75) is 32.6 Å². The predicted octanol–water partition coefficient (Wildman–Crippen LogP) is 3.29. The molecule has 0 fully saturated rings. The van der Waals surface area contributed by atoms with Crippen molar-refractivity contribution in [3.63, 3.8) is 0 Å². The summed E-state index contributed by atoms with van der Waals surface area (Å²) in [6.45, 7) is 1.38. The number of hydrogen-bond acceptors (Lipinski definition) is 4. The molecule has 0 radical (unpaired) electrons. The first kappa shape index (κ1) is 14.1. The van der Waals surface area contributed by atoms with Crippen LogP contribution < -0.4 is 10.4 Å². The molecule has 0 amide bonds. The first-order valence-electron chi connectivity index (χ1n) is 6.96. The van der Waals surface area contributed by atoms with E-state index in [0.717, 1.165) is 42.2 Å². The van der Waals surface area contributed by atoms with Crippen molar-refractivity contribution in [3.8, 4) is 5.75 Å². The molecule has 3 rings (SSSR count). The van der Waals surface area contributed by atoms with Crippen LogP contribution in [0.25, 0.3) is 11.0 Å². The van der Waals surface area contributed by atoms with E-state index in [-0.39, 0.29) is 18.0 Å². The zero-order chi connectivity index (χ0) is 15.0. The minimum Gasteiger partial charge on any atom is -0.484 e. The number of Topliss-reactive ketones (excluding diaryl/α,β-unsaturated/α-hetero) is 1. The first-order valence-corrected chi connectivity index (χ1v) is 7.34. The number of fused-ring (bicyclic) bond motifs is 3. The Morgan fingerprint density at radius 3 is 2.71 bits per heavy atom. The molecule has 0 saturated heterocycles. The summed E-state index contributed by atoms with van der Waals surface area (Å²) >= 11 is 6.21. The van der Waals surface area contributed by atoms with E-state index in [0.29, 0.717) is 16.4 Å². The average molecular weight is 307 g/mol. The number of halogens is 1. The lowest BCUT2D eigenvalue weighted by molar-refractivity contribution is -0.118. The van der Waals surface area contributed by atoms with Gasteiger partial charge in [0, 0.05) is 17.0 Å². The highest BCUT2D eigenvalue weighted by Gasteiger charge is 2.19. The molecule has 0 saturated carbocycles. The largest absolute Gasteiger partial charge is 0.484 e. The molecule has 2 aromatic rings. The molecular weight excluding hydrogens is 292 g/mol. The highest BCUT2D eigenvalue weighted by molar-refractivity contribution is 6.32. The average Bonchev–Trinajstić information content (AvgIpc) is 2.46. The number of rotatable bonds is 3. The van der Waals surface area contributed by atoms with Crippen LogP contribution in [0.5, 0.6) is 5.75 Å². The highest BCUT2D eigenvalue weighted by atomic mass is 35.5. The molecule has 0 N–H and O–H groups in total. The van der Waals surface area contributed by atoms with Gasteiger partial charge in [-0.2, -0.15) is 0 Å². The van der Waals surface area contributed by atoms with E-state index < -0.39 is 0 Å². The highest BCUT2D eigenvalue weighted by Crippen LogP contribution is 2.34. The van der Waals surface area contributed by atoms with Crippen LogP contribution in [0.2, 0.25) is 5.02 Å². The van der Waals surface area contributed by atoms with Gasteiger partial charge in [0.05, 0.1) is 5.02 Å². The molecule has 110 valence electrons. The number of carbonyl (C=O) groups is 1. The molecule has 0 bridgehead atoms. The molecule has 4 nitrogen and oxygen atoms in total. The normalized spacial score (nSPS) is 14.0. The molecule has 1 aliphatic carbocycles. The van der Waals surface area contributed by atoms with Gasteiger partial charge in [-0.25, -0.2) is 4.79 Å². The van der Waals surface area contributed by atoms with E-state index in [1.807, 2.05) is 0 Å². The number of ether oxygens (including phenoxy) is 1. The van der Waals surface area contributed by atoms with Gasteiger partial charge < -0.3 is 9.15 Å². The number of aryl methyl sites for hydroxylation is 1. The summed E-state index contributed by atoms with van der Waals surface area (Å²) < 4.78 is 10.7. The van der Waals surface area contributed by atoms with Crippen molar-refractivity contribution >= 4 is 28.4 Å². The third-order valence-electron chi connectivity index (χ3n) is 3.71. The number of ketones is 1. The van der Waals surface area contributed by atoms with Crippen molar-refractivity contribution in [1.82, 2.24) is 0 Å². The van der Waals surface area contributed by atoms with E-state index in [2.05, 4.69) is 0 Å². The van der Waals surface area contributed by atoms with Crippen LogP contribution in [0.3, 0.4) is 0 Å². The lowest BCUT2D eigenvalue weighted by Crippen LogP contribution is -2.16. The van der Waals surface area contributed by atoms with Gasteiger partial charge in [0.15, 0.2) is 5.78 Å². The van der Waals surface area contributed by atoms with E-state index in [9.17, 15) is 9.59 Å². The van der Waals surface area contributed by atoms with Gasteiger partial charge in [0.2, 0.25) is 0 Å². The summed E-state index contributed by atoms with van der Waals surface area (Å²) in [5.74, 6) is 0.260. The summed E-state index contributed by atoms with van der Waals surface area (Å²) in [5, 5.41) is 1.29.